The molecule has 3 rings (SSSR count). The SMILES string of the molecule is CCCN1CCC(NC(=O)C2(c3ccc(F)cc3)CC2)CC1. The zero-order valence-corrected chi connectivity index (χ0v) is 13.3. The van der Waals surface area contributed by atoms with Gasteiger partial charge in [0, 0.05) is 19.1 Å². The first-order valence-corrected chi connectivity index (χ1v) is 8.43. The van der Waals surface area contributed by atoms with Gasteiger partial charge in [-0.1, -0.05) is 19.1 Å². The van der Waals surface area contributed by atoms with E-state index in [0.29, 0.717) is 6.04 Å². The Labute approximate surface area is 131 Å². The number of hydrogen-bond acceptors (Lipinski definition) is 2. The molecule has 3 nitrogen and oxygen atoms in total. The maximum absolute atomic E-state index is 13.1. The van der Waals surface area contributed by atoms with Gasteiger partial charge in [-0.05, 0) is 56.3 Å². The number of benzene rings is 1. The van der Waals surface area contributed by atoms with Gasteiger partial charge in [-0.25, -0.2) is 4.39 Å². The molecule has 0 atom stereocenters. The second-order valence-corrected chi connectivity index (χ2v) is 6.68. The Morgan fingerprint density at radius 1 is 1.27 bits per heavy atom. The van der Waals surface area contributed by atoms with Crippen LogP contribution in [0.1, 0.15) is 44.6 Å². The highest BCUT2D eigenvalue weighted by Gasteiger charge is 2.51. The van der Waals surface area contributed by atoms with Crippen LogP contribution < -0.4 is 5.32 Å². The standard InChI is InChI=1S/C18H25FN2O/c1-2-11-21-12-7-16(8-13-21)20-17(22)18(9-10-18)14-3-5-15(19)6-4-14/h3-6,16H,2,7-13H2,1H3,(H,20,22). The molecule has 2 fully saturated rings. The molecule has 120 valence electrons. The minimum absolute atomic E-state index is 0.132. The van der Waals surface area contributed by atoms with E-state index in [2.05, 4.69) is 17.1 Å². The highest BCUT2D eigenvalue weighted by Crippen LogP contribution is 2.48. The molecule has 22 heavy (non-hydrogen) atoms. The largest absolute Gasteiger partial charge is 0.353 e. The minimum Gasteiger partial charge on any atom is -0.353 e. The number of likely N-dealkylation sites (tertiary alicyclic amines) is 1. The molecule has 2 aliphatic rings. The van der Waals surface area contributed by atoms with Crippen molar-refractivity contribution in [3.63, 3.8) is 0 Å². The quantitative estimate of drug-likeness (QED) is 0.907. The number of piperidine rings is 1. The van der Waals surface area contributed by atoms with Crippen LogP contribution in [0.5, 0.6) is 0 Å². The Balaban J connectivity index is 1.57. The fourth-order valence-electron chi connectivity index (χ4n) is 3.48. The molecule has 1 N–H and O–H groups in total. The molecule has 1 amide bonds. The number of nitrogens with one attached hydrogen (secondary N) is 1. The van der Waals surface area contributed by atoms with E-state index in [4.69, 9.17) is 0 Å². The summed E-state index contributed by atoms with van der Waals surface area (Å²) < 4.78 is 13.1. The molecule has 1 aliphatic carbocycles. The lowest BCUT2D eigenvalue weighted by Crippen LogP contribution is -2.47. The first-order chi connectivity index (χ1) is 10.6. The van der Waals surface area contributed by atoms with Crippen molar-refractivity contribution in [2.24, 2.45) is 0 Å². The van der Waals surface area contributed by atoms with Crippen LogP contribution in [-0.4, -0.2) is 36.5 Å². The molecular weight excluding hydrogens is 279 g/mol. The van der Waals surface area contributed by atoms with Gasteiger partial charge in [-0.15, -0.1) is 0 Å². The molecule has 1 aromatic rings. The molecule has 0 bridgehead atoms. The zero-order chi connectivity index (χ0) is 15.6. The lowest BCUT2D eigenvalue weighted by molar-refractivity contribution is -0.124. The van der Waals surface area contributed by atoms with E-state index in [1.54, 1.807) is 12.1 Å². The second-order valence-electron chi connectivity index (χ2n) is 6.68. The number of hydrogen-bond donors (Lipinski definition) is 1. The number of amides is 1. The van der Waals surface area contributed by atoms with Gasteiger partial charge in [0.05, 0.1) is 5.41 Å². The predicted octanol–water partition coefficient (Wildman–Crippen LogP) is 2.85. The van der Waals surface area contributed by atoms with E-state index >= 15 is 0 Å². The number of rotatable bonds is 5. The molecular formula is C18H25FN2O. The third kappa shape index (κ3) is 3.17. The molecule has 0 radical (unpaired) electrons. The summed E-state index contributed by atoms with van der Waals surface area (Å²) in [5, 5.41) is 3.24. The Morgan fingerprint density at radius 3 is 2.45 bits per heavy atom. The smallest absolute Gasteiger partial charge is 0.230 e. The number of halogens is 1. The number of carbonyl (C=O) groups excluding carboxylic acids is 1. The van der Waals surface area contributed by atoms with Crippen LogP contribution in [0, 0.1) is 5.82 Å². The van der Waals surface area contributed by atoms with Crippen molar-refractivity contribution in [3.05, 3.63) is 35.6 Å². The third-order valence-corrected chi connectivity index (χ3v) is 5.04. The molecule has 0 unspecified atom stereocenters. The van der Waals surface area contributed by atoms with E-state index < -0.39 is 5.41 Å². The van der Waals surface area contributed by atoms with E-state index in [9.17, 15) is 9.18 Å². The van der Waals surface area contributed by atoms with Gasteiger partial charge in [-0.3, -0.25) is 4.79 Å². The van der Waals surface area contributed by atoms with Crippen LogP contribution in [0.3, 0.4) is 0 Å². The van der Waals surface area contributed by atoms with Crippen molar-refractivity contribution in [1.82, 2.24) is 10.2 Å². The van der Waals surface area contributed by atoms with Gasteiger partial charge in [-0.2, -0.15) is 0 Å². The molecule has 4 heteroatoms. The van der Waals surface area contributed by atoms with Gasteiger partial charge in [0.25, 0.3) is 0 Å². The van der Waals surface area contributed by atoms with Crippen molar-refractivity contribution in [3.8, 4) is 0 Å². The van der Waals surface area contributed by atoms with Gasteiger partial charge in [0.2, 0.25) is 5.91 Å². The average molecular weight is 304 g/mol. The van der Waals surface area contributed by atoms with Crippen molar-refractivity contribution in [2.45, 2.75) is 50.5 Å². The monoisotopic (exact) mass is 304 g/mol. The summed E-state index contributed by atoms with van der Waals surface area (Å²) in [5.41, 5.74) is 0.559. The van der Waals surface area contributed by atoms with E-state index in [0.717, 1.165) is 50.9 Å². The molecule has 1 aliphatic heterocycles. The van der Waals surface area contributed by atoms with Crippen molar-refractivity contribution < 1.29 is 9.18 Å². The summed E-state index contributed by atoms with van der Waals surface area (Å²) in [6.07, 6.45) is 5.00. The Kier molecular flexibility index (Phi) is 4.48. The van der Waals surface area contributed by atoms with Crippen LogP contribution in [-0.2, 0) is 10.2 Å². The van der Waals surface area contributed by atoms with Crippen LogP contribution >= 0.6 is 0 Å². The van der Waals surface area contributed by atoms with Gasteiger partial charge in [0.1, 0.15) is 5.82 Å². The number of nitrogens with zero attached hydrogens (tertiary/aromatic N) is 1. The first-order valence-electron chi connectivity index (χ1n) is 8.43. The van der Waals surface area contributed by atoms with Crippen LogP contribution in [0.15, 0.2) is 24.3 Å². The van der Waals surface area contributed by atoms with Gasteiger partial charge >= 0.3 is 0 Å². The van der Waals surface area contributed by atoms with Crippen LogP contribution in [0.25, 0.3) is 0 Å². The highest BCUT2D eigenvalue weighted by atomic mass is 19.1. The Hall–Kier alpha value is -1.42. The van der Waals surface area contributed by atoms with Gasteiger partial charge < -0.3 is 10.2 Å². The van der Waals surface area contributed by atoms with E-state index in [1.165, 1.54) is 18.6 Å². The summed E-state index contributed by atoms with van der Waals surface area (Å²) in [4.78, 5) is 15.1. The third-order valence-electron chi connectivity index (χ3n) is 5.04. The fraction of sp³-hybridized carbons (Fsp3) is 0.611. The van der Waals surface area contributed by atoms with Crippen LogP contribution in [0.2, 0.25) is 0 Å². The normalized spacial score (nSPS) is 21.5. The first kappa shape index (κ1) is 15.5. The van der Waals surface area contributed by atoms with Crippen molar-refractivity contribution in [2.75, 3.05) is 19.6 Å². The summed E-state index contributed by atoms with van der Waals surface area (Å²) in [5.74, 6) is -0.115. The Morgan fingerprint density at radius 2 is 1.91 bits per heavy atom. The molecule has 1 aromatic carbocycles. The molecule has 1 saturated carbocycles. The highest BCUT2D eigenvalue weighted by molar-refractivity contribution is 5.91. The average Bonchev–Trinajstić information content (AvgIpc) is 3.32. The predicted molar refractivity (Wildman–Crippen MR) is 85.2 cm³/mol. The summed E-state index contributed by atoms with van der Waals surface area (Å²) in [7, 11) is 0. The number of carbonyl (C=O) groups is 1. The lowest BCUT2D eigenvalue weighted by Gasteiger charge is -2.33. The summed E-state index contributed by atoms with van der Waals surface area (Å²) in [6.45, 7) is 5.50. The lowest BCUT2D eigenvalue weighted by atomic mass is 9.93. The molecule has 1 saturated heterocycles. The van der Waals surface area contributed by atoms with Crippen LogP contribution in [0.4, 0.5) is 4.39 Å². The van der Waals surface area contributed by atoms with E-state index in [-0.39, 0.29) is 11.7 Å². The minimum atomic E-state index is -0.395. The fourth-order valence-corrected chi connectivity index (χ4v) is 3.48. The maximum atomic E-state index is 13.1. The van der Waals surface area contributed by atoms with Gasteiger partial charge in [0.15, 0.2) is 0 Å². The topological polar surface area (TPSA) is 32.3 Å². The molecule has 0 spiro atoms. The molecule has 0 aromatic heterocycles. The second kappa shape index (κ2) is 6.37. The maximum Gasteiger partial charge on any atom is 0.230 e. The zero-order valence-electron chi connectivity index (χ0n) is 13.3. The van der Waals surface area contributed by atoms with Crippen molar-refractivity contribution in [1.29, 1.82) is 0 Å². The summed E-state index contributed by atoms with van der Waals surface area (Å²) >= 11 is 0. The van der Waals surface area contributed by atoms with E-state index in [1.807, 2.05) is 0 Å². The molecule has 1 heterocycles. The Bertz CT molecular complexity index is 516. The van der Waals surface area contributed by atoms with Crippen molar-refractivity contribution >= 4 is 5.91 Å². The summed E-state index contributed by atoms with van der Waals surface area (Å²) in [6, 6.07) is 6.70.